The second kappa shape index (κ2) is 11.9. The second-order valence-electron chi connectivity index (χ2n) is 7.42. The molecule has 0 radical (unpaired) electrons. The Balaban J connectivity index is 1.72. The van der Waals surface area contributed by atoms with Gasteiger partial charge in [0.25, 0.3) is 0 Å². The minimum Gasteiger partial charge on any atom is -0.466 e. The highest BCUT2D eigenvalue weighted by Gasteiger charge is 2.23. The fourth-order valence-corrected chi connectivity index (χ4v) is 3.64. The van der Waals surface area contributed by atoms with Crippen LogP contribution in [-0.2, 0) is 23.9 Å². The van der Waals surface area contributed by atoms with Gasteiger partial charge in [0.1, 0.15) is 5.70 Å². The van der Waals surface area contributed by atoms with Gasteiger partial charge in [-0.1, -0.05) is 41.9 Å². The van der Waals surface area contributed by atoms with Crippen LogP contribution in [0.4, 0.5) is 11.4 Å². The largest absolute Gasteiger partial charge is 0.466 e. The molecular weight excluding hydrogens is 458 g/mol. The van der Waals surface area contributed by atoms with Crippen molar-refractivity contribution in [2.24, 2.45) is 0 Å². The Morgan fingerprint density at radius 2 is 1.68 bits per heavy atom. The van der Waals surface area contributed by atoms with Crippen LogP contribution >= 0.6 is 11.6 Å². The minimum atomic E-state index is -0.725. The number of hydrogen-bond acceptors (Lipinski definition) is 7. The molecule has 9 heteroatoms. The molecule has 3 rings (SSSR count). The summed E-state index contributed by atoms with van der Waals surface area (Å²) in [4.78, 5) is 40.3. The monoisotopic (exact) mass is 483 g/mol. The van der Waals surface area contributed by atoms with E-state index in [1.165, 1.54) is 14.2 Å². The Bertz CT molecular complexity index is 1090. The van der Waals surface area contributed by atoms with Crippen molar-refractivity contribution in [1.82, 2.24) is 4.90 Å². The van der Waals surface area contributed by atoms with Crippen LogP contribution in [0, 0.1) is 0 Å². The molecule has 1 aliphatic heterocycles. The number of piperazine rings is 1. The van der Waals surface area contributed by atoms with Crippen LogP contribution in [0.1, 0.15) is 5.56 Å². The van der Waals surface area contributed by atoms with Crippen LogP contribution in [-0.4, -0.2) is 63.1 Å². The molecule has 2 aromatic rings. The summed E-state index contributed by atoms with van der Waals surface area (Å²) < 4.78 is 9.39. The smallest absolute Gasteiger partial charge is 0.354 e. The highest BCUT2D eigenvalue weighted by molar-refractivity contribution is 6.31. The van der Waals surface area contributed by atoms with Crippen molar-refractivity contribution in [3.05, 3.63) is 77.0 Å². The van der Waals surface area contributed by atoms with Crippen molar-refractivity contribution in [1.29, 1.82) is 0 Å². The van der Waals surface area contributed by atoms with Gasteiger partial charge in [-0.05, 0) is 29.8 Å². The van der Waals surface area contributed by atoms with Crippen molar-refractivity contribution in [3.63, 3.8) is 0 Å². The third-order valence-electron chi connectivity index (χ3n) is 5.25. The number of rotatable bonds is 7. The lowest BCUT2D eigenvalue weighted by Gasteiger charge is -2.36. The summed E-state index contributed by atoms with van der Waals surface area (Å²) in [6.45, 7) is 2.22. The van der Waals surface area contributed by atoms with Crippen molar-refractivity contribution in [3.8, 4) is 0 Å². The molecule has 1 aliphatic rings. The average Bonchev–Trinajstić information content (AvgIpc) is 2.87. The van der Waals surface area contributed by atoms with Gasteiger partial charge in [0.15, 0.2) is 0 Å². The van der Waals surface area contributed by atoms with Crippen molar-refractivity contribution >= 4 is 46.9 Å². The van der Waals surface area contributed by atoms with Crippen molar-refractivity contribution < 1.29 is 23.9 Å². The molecule has 1 N–H and O–H groups in total. The number of anilines is 2. The van der Waals surface area contributed by atoms with E-state index in [-0.39, 0.29) is 11.6 Å². The number of carbonyl (C=O) groups excluding carboxylic acids is 3. The Hall–Kier alpha value is -3.78. The van der Waals surface area contributed by atoms with Gasteiger partial charge in [0.2, 0.25) is 5.91 Å². The fraction of sp³-hybridized carbons (Fsp3) is 0.240. The van der Waals surface area contributed by atoms with Gasteiger partial charge in [-0.15, -0.1) is 0 Å². The first-order valence-electron chi connectivity index (χ1n) is 10.6. The molecule has 0 bridgehead atoms. The van der Waals surface area contributed by atoms with E-state index >= 15 is 0 Å². The number of carbonyl (C=O) groups is 3. The van der Waals surface area contributed by atoms with Crippen LogP contribution in [0.25, 0.3) is 6.08 Å². The molecule has 0 atom stereocenters. The number of benzene rings is 2. The highest BCUT2D eigenvalue weighted by Crippen LogP contribution is 2.31. The molecule has 1 heterocycles. The van der Waals surface area contributed by atoms with Gasteiger partial charge in [0, 0.05) is 37.3 Å². The summed E-state index contributed by atoms with van der Waals surface area (Å²) >= 11 is 6.19. The molecule has 0 unspecified atom stereocenters. The zero-order chi connectivity index (χ0) is 24.5. The lowest BCUT2D eigenvalue weighted by atomic mass is 10.2. The summed E-state index contributed by atoms with van der Waals surface area (Å²) in [6, 6.07) is 14.9. The standard InChI is InChI=1S/C25H26ClN3O5/c1-33-24(31)17-21(25(32)34-2)27-20-16-19(26)9-10-22(20)28-12-14-29(15-13-28)23(30)11-8-18-6-4-3-5-7-18/h3-11,16-17,27H,12-15H2,1-2H3/b11-8?,21-17+. The maximum atomic E-state index is 12.6. The molecule has 2 aromatic carbocycles. The zero-order valence-corrected chi connectivity index (χ0v) is 19.7. The number of nitrogens with zero attached hydrogens (tertiary/aromatic N) is 2. The summed E-state index contributed by atoms with van der Waals surface area (Å²) in [6.07, 6.45) is 4.41. The number of ether oxygens (including phenoxy) is 2. The Morgan fingerprint density at radius 3 is 2.32 bits per heavy atom. The summed E-state index contributed by atoms with van der Waals surface area (Å²) in [5.41, 5.74) is 2.18. The third-order valence-corrected chi connectivity index (χ3v) is 5.48. The Labute approximate surface area is 203 Å². The topological polar surface area (TPSA) is 88.2 Å². The second-order valence-corrected chi connectivity index (χ2v) is 7.85. The first kappa shape index (κ1) is 24.9. The number of halogens is 1. The molecule has 0 saturated carbocycles. The number of esters is 2. The number of nitrogens with one attached hydrogen (secondary N) is 1. The predicted molar refractivity (Wildman–Crippen MR) is 131 cm³/mol. The SMILES string of the molecule is COC(=O)/C=C(/Nc1cc(Cl)ccc1N1CCN(C(=O)C=Cc2ccccc2)CC1)C(=O)OC. The van der Waals surface area contributed by atoms with Crippen LogP contribution in [0.5, 0.6) is 0 Å². The normalized spacial score (nSPS) is 14.1. The fourth-order valence-electron chi connectivity index (χ4n) is 3.47. The molecule has 1 fully saturated rings. The van der Waals surface area contributed by atoms with E-state index < -0.39 is 11.9 Å². The van der Waals surface area contributed by atoms with Gasteiger partial charge in [-0.25, -0.2) is 9.59 Å². The molecule has 0 aliphatic carbocycles. The van der Waals surface area contributed by atoms with Crippen LogP contribution in [0.3, 0.4) is 0 Å². The lowest BCUT2D eigenvalue weighted by Crippen LogP contribution is -2.48. The van der Waals surface area contributed by atoms with Gasteiger partial charge in [-0.2, -0.15) is 0 Å². The lowest BCUT2D eigenvalue weighted by molar-refractivity contribution is -0.138. The molecule has 8 nitrogen and oxygen atoms in total. The minimum absolute atomic E-state index is 0.0491. The summed E-state index contributed by atoms with van der Waals surface area (Å²) in [5, 5.41) is 3.39. The summed E-state index contributed by atoms with van der Waals surface area (Å²) in [5.74, 6) is -1.48. The number of methoxy groups -OCH3 is 2. The molecule has 178 valence electrons. The average molecular weight is 484 g/mol. The molecule has 1 saturated heterocycles. The van der Waals surface area contributed by atoms with E-state index in [4.69, 9.17) is 16.3 Å². The Kier molecular flexibility index (Phi) is 8.70. The van der Waals surface area contributed by atoms with E-state index in [1.807, 2.05) is 36.4 Å². The molecule has 34 heavy (non-hydrogen) atoms. The van der Waals surface area contributed by atoms with Gasteiger partial charge < -0.3 is 24.6 Å². The third kappa shape index (κ3) is 6.62. The predicted octanol–water partition coefficient (Wildman–Crippen LogP) is 3.34. The first-order chi connectivity index (χ1) is 16.4. The van der Waals surface area contributed by atoms with Crippen molar-refractivity contribution in [2.75, 3.05) is 50.6 Å². The number of hydrogen-bond donors (Lipinski definition) is 1. The van der Waals surface area contributed by atoms with Gasteiger partial charge in [0.05, 0.1) is 31.7 Å². The first-order valence-corrected chi connectivity index (χ1v) is 11.0. The molecular formula is C25H26ClN3O5. The molecule has 1 amide bonds. The summed E-state index contributed by atoms with van der Waals surface area (Å²) in [7, 11) is 2.44. The Morgan fingerprint density at radius 1 is 0.971 bits per heavy atom. The van der Waals surface area contributed by atoms with Crippen LogP contribution < -0.4 is 10.2 Å². The highest BCUT2D eigenvalue weighted by atomic mass is 35.5. The van der Waals surface area contributed by atoms with Gasteiger partial charge >= 0.3 is 11.9 Å². The quantitative estimate of drug-likeness (QED) is 0.477. The van der Waals surface area contributed by atoms with E-state index in [0.29, 0.717) is 36.9 Å². The number of amides is 1. The molecule has 0 aromatic heterocycles. The van der Waals surface area contributed by atoms with Crippen LogP contribution in [0.15, 0.2) is 66.4 Å². The maximum Gasteiger partial charge on any atom is 0.354 e. The maximum absolute atomic E-state index is 12.6. The van der Waals surface area contributed by atoms with Crippen molar-refractivity contribution in [2.45, 2.75) is 0 Å². The molecule has 0 spiro atoms. The van der Waals surface area contributed by atoms with E-state index in [0.717, 1.165) is 17.3 Å². The van der Waals surface area contributed by atoms with Crippen LogP contribution in [0.2, 0.25) is 5.02 Å². The van der Waals surface area contributed by atoms with Gasteiger partial charge in [-0.3, -0.25) is 4.79 Å². The van der Waals surface area contributed by atoms with E-state index in [9.17, 15) is 14.4 Å². The van der Waals surface area contributed by atoms with E-state index in [1.54, 1.807) is 29.2 Å². The van der Waals surface area contributed by atoms with E-state index in [2.05, 4.69) is 15.0 Å². The zero-order valence-electron chi connectivity index (χ0n) is 19.0.